The largest absolute Gasteiger partial charge is 0.457 e. The van der Waals surface area contributed by atoms with Gasteiger partial charge in [-0.2, -0.15) is 0 Å². The Morgan fingerprint density at radius 2 is 1.79 bits per heavy atom. The maximum atomic E-state index is 12.4. The van der Waals surface area contributed by atoms with Gasteiger partial charge in [-0.1, -0.05) is 30.3 Å². The number of carbonyl (C=O) groups excluding carboxylic acids is 1. The van der Waals surface area contributed by atoms with E-state index in [4.69, 9.17) is 4.74 Å². The number of hydrogen-bond donors (Lipinski definition) is 1. The summed E-state index contributed by atoms with van der Waals surface area (Å²) in [6.07, 6.45) is 0.602. The van der Waals surface area contributed by atoms with Crippen LogP contribution in [0.15, 0.2) is 54.6 Å². The maximum Gasteiger partial charge on any atom is 0.255 e. The lowest BCUT2D eigenvalue weighted by atomic mass is 10.1. The van der Waals surface area contributed by atoms with E-state index in [0.29, 0.717) is 30.0 Å². The molecule has 1 fully saturated rings. The SMILES string of the molecule is O=C(NCC1CCS(=O)(=O)C1)c1ccccc1Oc1ccccc1. The van der Waals surface area contributed by atoms with Crippen LogP contribution in [-0.2, 0) is 9.84 Å². The van der Waals surface area contributed by atoms with Crippen molar-refractivity contribution in [3.63, 3.8) is 0 Å². The predicted molar refractivity (Wildman–Crippen MR) is 92.1 cm³/mol. The van der Waals surface area contributed by atoms with Crippen molar-refractivity contribution < 1.29 is 17.9 Å². The molecule has 0 bridgehead atoms. The van der Waals surface area contributed by atoms with Crippen LogP contribution in [0.5, 0.6) is 11.5 Å². The first-order valence-electron chi connectivity index (χ1n) is 7.84. The zero-order valence-corrected chi connectivity index (χ0v) is 14.0. The third-order valence-electron chi connectivity index (χ3n) is 3.98. The van der Waals surface area contributed by atoms with E-state index in [0.717, 1.165) is 0 Å². The molecule has 1 amide bonds. The van der Waals surface area contributed by atoms with Crippen LogP contribution in [0.1, 0.15) is 16.8 Å². The summed E-state index contributed by atoms with van der Waals surface area (Å²) >= 11 is 0. The second kappa shape index (κ2) is 7.05. The lowest BCUT2D eigenvalue weighted by molar-refractivity contribution is 0.0946. The van der Waals surface area contributed by atoms with Crippen molar-refractivity contribution in [3.05, 3.63) is 60.2 Å². The van der Waals surface area contributed by atoms with Crippen molar-refractivity contribution in [2.45, 2.75) is 6.42 Å². The Bertz CT molecular complexity index is 818. The number of rotatable bonds is 5. The van der Waals surface area contributed by atoms with Gasteiger partial charge < -0.3 is 10.1 Å². The lowest BCUT2D eigenvalue weighted by Gasteiger charge is -2.13. The summed E-state index contributed by atoms with van der Waals surface area (Å²) in [4.78, 5) is 12.4. The van der Waals surface area contributed by atoms with Gasteiger partial charge in [0.2, 0.25) is 0 Å². The van der Waals surface area contributed by atoms with E-state index >= 15 is 0 Å². The van der Waals surface area contributed by atoms with Crippen LogP contribution >= 0.6 is 0 Å². The van der Waals surface area contributed by atoms with Gasteiger partial charge in [0.15, 0.2) is 9.84 Å². The van der Waals surface area contributed by atoms with Crippen LogP contribution in [0.3, 0.4) is 0 Å². The highest BCUT2D eigenvalue weighted by molar-refractivity contribution is 7.91. The average Bonchev–Trinajstić information content (AvgIpc) is 2.93. The van der Waals surface area contributed by atoms with Crippen LogP contribution in [0, 0.1) is 5.92 Å². The van der Waals surface area contributed by atoms with Crippen molar-refractivity contribution in [2.24, 2.45) is 5.92 Å². The highest BCUT2D eigenvalue weighted by Gasteiger charge is 2.28. The minimum absolute atomic E-state index is 0.0128. The summed E-state index contributed by atoms with van der Waals surface area (Å²) in [6.45, 7) is 0.359. The zero-order chi connectivity index (χ0) is 17.0. The quantitative estimate of drug-likeness (QED) is 0.904. The molecule has 3 rings (SSSR count). The van der Waals surface area contributed by atoms with Crippen LogP contribution < -0.4 is 10.1 Å². The number of benzene rings is 2. The summed E-state index contributed by atoms with van der Waals surface area (Å²) < 4.78 is 28.7. The molecule has 1 aliphatic heterocycles. The first kappa shape index (κ1) is 16.5. The molecule has 1 aliphatic rings. The van der Waals surface area contributed by atoms with Gasteiger partial charge in [0.25, 0.3) is 5.91 Å². The number of amides is 1. The Kier molecular flexibility index (Phi) is 4.85. The molecule has 24 heavy (non-hydrogen) atoms. The fourth-order valence-corrected chi connectivity index (χ4v) is 4.59. The minimum atomic E-state index is -2.93. The van der Waals surface area contributed by atoms with E-state index in [1.807, 2.05) is 30.3 Å². The molecule has 1 atom stereocenters. The fourth-order valence-electron chi connectivity index (χ4n) is 2.72. The van der Waals surface area contributed by atoms with Crippen LogP contribution in [-0.4, -0.2) is 32.4 Å². The number of carbonyl (C=O) groups is 1. The Labute approximate surface area is 141 Å². The van der Waals surface area contributed by atoms with Gasteiger partial charge in [0.05, 0.1) is 17.1 Å². The maximum absolute atomic E-state index is 12.4. The summed E-state index contributed by atoms with van der Waals surface area (Å²) in [7, 11) is -2.93. The van der Waals surface area contributed by atoms with Crippen LogP contribution in [0.4, 0.5) is 0 Å². The second-order valence-corrected chi connectivity index (χ2v) is 8.12. The van der Waals surface area contributed by atoms with E-state index in [9.17, 15) is 13.2 Å². The molecule has 1 saturated heterocycles. The first-order chi connectivity index (χ1) is 11.5. The molecule has 0 aromatic heterocycles. The van der Waals surface area contributed by atoms with Crippen molar-refractivity contribution in [1.82, 2.24) is 5.32 Å². The van der Waals surface area contributed by atoms with Gasteiger partial charge >= 0.3 is 0 Å². The van der Waals surface area contributed by atoms with Gasteiger partial charge in [-0.15, -0.1) is 0 Å². The third-order valence-corrected chi connectivity index (χ3v) is 5.82. The van der Waals surface area contributed by atoms with Gasteiger partial charge in [-0.3, -0.25) is 4.79 Å². The lowest BCUT2D eigenvalue weighted by Crippen LogP contribution is -2.30. The molecular weight excluding hydrogens is 326 g/mol. The molecule has 0 radical (unpaired) electrons. The minimum Gasteiger partial charge on any atom is -0.457 e. The molecule has 126 valence electrons. The number of nitrogens with one attached hydrogen (secondary N) is 1. The Balaban J connectivity index is 1.67. The second-order valence-electron chi connectivity index (χ2n) is 5.89. The van der Waals surface area contributed by atoms with E-state index in [1.54, 1.807) is 24.3 Å². The standard InChI is InChI=1S/C18H19NO4S/c20-18(19-12-14-10-11-24(21,22)13-14)16-8-4-5-9-17(16)23-15-6-2-1-3-7-15/h1-9,14H,10-13H2,(H,19,20). The van der Waals surface area contributed by atoms with E-state index in [1.165, 1.54) is 0 Å². The number of hydrogen-bond acceptors (Lipinski definition) is 4. The fraction of sp³-hybridized carbons (Fsp3) is 0.278. The normalized spacial score (nSPS) is 18.9. The summed E-state index contributed by atoms with van der Waals surface area (Å²) in [5.41, 5.74) is 0.433. The van der Waals surface area contributed by atoms with Gasteiger partial charge in [0.1, 0.15) is 11.5 Å². The molecule has 0 spiro atoms. The Morgan fingerprint density at radius 1 is 1.08 bits per heavy atom. The Morgan fingerprint density at radius 3 is 2.50 bits per heavy atom. The Hall–Kier alpha value is -2.34. The van der Waals surface area contributed by atoms with Crippen LogP contribution in [0.25, 0.3) is 0 Å². The topological polar surface area (TPSA) is 72.5 Å². The number of ether oxygens (including phenoxy) is 1. The highest BCUT2D eigenvalue weighted by Crippen LogP contribution is 2.25. The summed E-state index contributed by atoms with van der Waals surface area (Å²) in [5, 5.41) is 2.82. The van der Waals surface area contributed by atoms with E-state index in [-0.39, 0.29) is 23.3 Å². The monoisotopic (exact) mass is 345 g/mol. The predicted octanol–water partition coefficient (Wildman–Crippen LogP) is 2.64. The number of sulfone groups is 1. The molecule has 6 heteroatoms. The molecule has 2 aromatic carbocycles. The zero-order valence-electron chi connectivity index (χ0n) is 13.1. The van der Waals surface area contributed by atoms with Crippen molar-refractivity contribution >= 4 is 15.7 Å². The van der Waals surface area contributed by atoms with Gasteiger partial charge in [0, 0.05) is 6.54 Å². The van der Waals surface area contributed by atoms with Gasteiger partial charge in [-0.25, -0.2) is 8.42 Å². The van der Waals surface area contributed by atoms with E-state index < -0.39 is 9.84 Å². The van der Waals surface area contributed by atoms with Gasteiger partial charge in [-0.05, 0) is 36.6 Å². The van der Waals surface area contributed by atoms with Crippen molar-refractivity contribution in [3.8, 4) is 11.5 Å². The van der Waals surface area contributed by atoms with Crippen molar-refractivity contribution in [1.29, 1.82) is 0 Å². The highest BCUT2D eigenvalue weighted by atomic mass is 32.2. The molecule has 1 N–H and O–H groups in total. The molecule has 1 heterocycles. The van der Waals surface area contributed by atoms with E-state index in [2.05, 4.69) is 5.32 Å². The van der Waals surface area contributed by atoms with Crippen molar-refractivity contribution in [2.75, 3.05) is 18.1 Å². The summed E-state index contributed by atoms with van der Waals surface area (Å²) in [6, 6.07) is 16.3. The molecule has 0 saturated carbocycles. The molecule has 2 aromatic rings. The third kappa shape index (κ3) is 4.14. The molecule has 0 aliphatic carbocycles. The average molecular weight is 345 g/mol. The molecule has 1 unspecified atom stereocenters. The van der Waals surface area contributed by atoms with Crippen LogP contribution in [0.2, 0.25) is 0 Å². The first-order valence-corrected chi connectivity index (χ1v) is 9.66. The number of para-hydroxylation sites is 2. The molecular formula is C18H19NO4S. The molecule has 5 nitrogen and oxygen atoms in total. The smallest absolute Gasteiger partial charge is 0.255 e. The summed E-state index contributed by atoms with van der Waals surface area (Å²) in [5.74, 6) is 1.21.